The lowest BCUT2D eigenvalue weighted by Crippen LogP contribution is -2.35. The molecule has 3 aromatic rings. The third kappa shape index (κ3) is 3.93. The molecule has 8 heteroatoms. The molecule has 0 bridgehead atoms. The lowest BCUT2D eigenvalue weighted by atomic mass is 10.1. The van der Waals surface area contributed by atoms with E-state index in [1.165, 1.54) is 4.90 Å². The summed E-state index contributed by atoms with van der Waals surface area (Å²) in [7, 11) is 1.76. The molecule has 0 saturated heterocycles. The van der Waals surface area contributed by atoms with Gasteiger partial charge in [-0.05, 0) is 37.6 Å². The molecule has 0 aliphatic heterocycles. The number of halogens is 1. The van der Waals surface area contributed by atoms with Crippen LogP contribution in [0.2, 0.25) is 5.02 Å². The molecule has 27 heavy (non-hydrogen) atoms. The van der Waals surface area contributed by atoms with E-state index in [2.05, 4.69) is 10.1 Å². The Morgan fingerprint density at radius 2 is 1.89 bits per heavy atom. The van der Waals surface area contributed by atoms with Gasteiger partial charge in [-0.2, -0.15) is 5.10 Å². The van der Waals surface area contributed by atoms with Crippen LogP contribution in [0.25, 0.3) is 11.0 Å². The summed E-state index contributed by atoms with van der Waals surface area (Å²) < 4.78 is 1.62. The van der Waals surface area contributed by atoms with Gasteiger partial charge in [0.2, 0.25) is 0 Å². The number of carbonyl (C=O) groups is 2. The Balaban J connectivity index is 2.05. The normalized spacial score (nSPS) is 11.0. The third-order valence-corrected chi connectivity index (χ3v) is 4.48. The van der Waals surface area contributed by atoms with E-state index in [9.17, 15) is 14.7 Å². The summed E-state index contributed by atoms with van der Waals surface area (Å²) >= 11 is 5.90. The molecule has 1 aromatic carbocycles. The molecule has 0 radical (unpaired) electrons. The highest BCUT2D eigenvalue weighted by Gasteiger charge is 2.24. The van der Waals surface area contributed by atoms with Crippen molar-refractivity contribution < 1.29 is 14.7 Å². The summed E-state index contributed by atoms with van der Waals surface area (Å²) in [6.07, 6.45) is 0. The fourth-order valence-electron chi connectivity index (χ4n) is 3.08. The first kappa shape index (κ1) is 18.8. The first-order valence-electron chi connectivity index (χ1n) is 8.32. The predicted molar refractivity (Wildman–Crippen MR) is 102 cm³/mol. The third-order valence-electron chi connectivity index (χ3n) is 4.23. The van der Waals surface area contributed by atoms with Crippen LogP contribution in [0.5, 0.6) is 0 Å². The van der Waals surface area contributed by atoms with Gasteiger partial charge in [-0.25, -0.2) is 4.98 Å². The molecule has 0 fully saturated rings. The number of amides is 1. The first-order valence-corrected chi connectivity index (χ1v) is 8.70. The van der Waals surface area contributed by atoms with Crippen molar-refractivity contribution in [3.8, 4) is 0 Å². The number of rotatable bonds is 5. The average molecular weight is 387 g/mol. The second-order valence-electron chi connectivity index (χ2n) is 6.40. The van der Waals surface area contributed by atoms with Crippen LogP contribution in [0, 0.1) is 13.8 Å². The Kier molecular flexibility index (Phi) is 5.14. The molecule has 140 valence electrons. The molecule has 2 aromatic heterocycles. The number of carboxylic acid groups (broad SMARTS) is 1. The van der Waals surface area contributed by atoms with Gasteiger partial charge in [-0.15, -0.1) is 0 Å². The van der Waals surface area contributed by atoms with Crippen LogP contribution in [0.3, 0.4) is 0 Å². The molecule has 0 saturated carbocycles. The van der Waals surface area contributed by atoms with E-state index in [-0.39, 0.29) is 12.5 Å². The second-order valence-corrected chi connectivity index (χ2v) is 6.84. The van der Waals surface area contributed by atoms with Gasteiger partial charge < -0.3 is 10.0 Å². The van der Waals surface area contributed by atoms with E-state index in [1.807, 2.05) is 0 Å². The Morgan fingerprint density at radius 3 is 2.52 bits per heavy atom. The van der Waals surface area contributed by atoms with E-state index in [4.69, 9.17) is 11.6 Å². The number of hydrogen-bond donors (Lipinski definition) is 1. The summed E-state index contributed by atoms with van der Waals surface area (Å²) in [6, 6.07) is 8.64. The van der Waals surface area contributed by atoms with Crippen LogP contribution in [0.15, 0.2) is 30.3 Å². The van der Waals surface area contributed by atoms with Crippen LogP contribution in [0.4, 0.5) is 0 Å². The lowest BCUT2D eigenvalue weighted by molar-refractivity contribution is -0.137. The standard InChI is InChI=1S/C19H19ClN4O3/c1-11-8-15(17-12(2)22-23(3)18(17)21-11)19(27)24(10-16(25)26)9-13-4-6-14(20)7-5-13/h4-8H,9-10H2,1-3H3,(H,25,26). The maximum Gasteiger partial charge on any atom is 0.323 e. The van der Waals surface area contributed by atoms with Gasteiger partial charge in [0.05, 0.1) is 16.6 Å². The van der Waals surface area contributed by atoms with Gasteiger partial charge in [-0.1, -0.05) is 23.7 Å². The van der Waals surface area contributed by atoms with Crippen molar-refractivity contribution in [1.29, 1.82) is 0 Å². The first-order chi connectivity index (χ1) is 12.8. The fourth-order valence-corrected chi connectivity index (χ4v) is 3.21. The zero-order valence-electron chi connectivity index (χ0n) is 15.2. The number of pyridine rings is 1. The van der Waals surface area contributed by atoms with Gasteiger partial charge in [0.25, 0.3) is 5.91 Å². The van der Waals surface area contributed by atoms with E-state index in [1.54, 1.807) is 55.9 Å². The topological polar surface area (TPSA) is 88.3 Å². The van der Waals surface area contributed by atoms with Crippen LogP contribution < -0.4 is 0 Å². The van der Waals surface area contributed by atoms with E-state index >= 15 is 0 Å². The number of aliphatic carboxylic acids is 1. The summed E-state index contributed by atoms with van der Waals surface area (Å²) in [5.74, 6) is -1.46. The molecule has 7 nitrogen and oxygen atoms in total. The van der Waals surface area contributed by atoms with Crippen molar-refractivity contribution in [3.63, 3.8) is 0 Å². The molecule has 0 aliphatic carbocycles. The smallest absolute Gasteiger partial charge is 0.323 e. The van der Waals surface area contributed by atoms with E-state index in [0.717, 1.165) is 5.56 Å². The van der Waals surface area contributed by atoms with Crippen molar-refractivity contribution in [3.05, 3.63) is 57.9 Å². The predicted octanol–water partition coefficient (Wildman–Crippen LogP) is 2.97. The molecule has 0 aliphatic rings. The quantitative estimate of drug-likeness (QED) is 0.728. The minimum atomic E-state index is -1.08. The fraction of sp³-hybridized carbons (Fsp3) is 0.263. The number of benzene rings is 1. The Labute approximate surface area is 161 Å². The molecule has 0 unspecified atom stereocenters. The maximum atomic E-state index is 13.3. The number of fused-ring (bicyclic) bond motifs is 1. The number of aryl methyl sites for hydroxylation is 3. The number of carbonyl (C=O) groups excluding carboxylic acids is 1. The van der Waals surface area contributed by atoms with Crippen molar-refractivity contribution >= 4 is 34.5 Å². The molecular weight excluding hydrogens is 368 g/mol. The molecular formula is C19H19ClN4O3. The van der Waals surface area contributed by atoms with Crippen LogP contribution in [0.1, 0.15) is 27.3 Å². The monoisotopic (exact) mass is 386 g/mol. The average Bonchev–Trinajstić information content (AvgIpc) is 2.88. The zero-order chi connectivity index (χ0) is 19.7. The van der Waals surface area contributed by atoms with E-state index in [0.29, 0.717) is 33.0 Å². The van der Waals surface area contributed by atoms with Crippen molar-refractivity contribution in [1.82, 2.24) is 19.7 Å². The molecule has 2 heterocycles. The molecule has 1 N–H and O–H groups in total. The largest absolute Gasteiger partial charge is 0.480 e. The number of hydrogen-bond acceptors (Lipinski definition) is 4. The van der Waals surface area contributed by atoms with Gasteiger partial charge in [-0.3, -0.25) is 14.3 Å². The van der Waals surface area contributed by atoms with Crippen molar-refractivity contribution in [2.24, 2.45) is 7.05 Å². The Morgan fingerprint density at radius 1 is 1.22 bits per heavy atom. The van der Waals surface area contributed by atoms with Crippen LogP contribution >= 0.6 is 11.6 Å². The van der Waals surface area contributed by atoms with Gasteiger partial charge in [0.15, 0.2) is 5.65 Å². The van der Waals surface area contributed by atoms with Gasteiger partial charge in [0.1, 0.15) is 6.54 Å². The molecule has 1 amide bonds. The SMILES string of the molecule is Cc1cc(C(=O)N(CC(=O)O)Cc2ccc(Cl)cc2)c2c(C)nn(C)c2n1. The Hall–Kier alpha value is -2.93. The zero-order valence-corrected chi connectivity index (χ0v) is 16.0. The summed E-state index contributed by atoms with van der Waals surface area (Å²) in [6.45, 7) is 3.34. The van der Waals surface area contributed by atoms with Crippen molar-refractivity contribution in [2.45, 2.75) is 20.4 Å². The van der Waals surface area contributed by atoms with Crippen LogP contribution in [-0.2, 0) is 18.4 Å². The minimum Gasteiger partial charge on any atom is -0.480 e. The highest BCUT2D eigenvalue weighted by Crippen LogP contribution is 2.24. The minimum absolute atomic E-state index is 0.157. The number of aromatic nitrogens is 3. The van der Waals surface area contributed by atoms with E-state index < -0.39 is 12.5 Å². The summed E-state index contributed by atoms with van der Waals surface area (Å²) in [5, 5.41) is 14.8. The Bertz CT molecular complexity index is 1030. The molecule has 0 atom stereocenters. The highest BCUT2D eigenvalue weighted by atomic mass is 35.5. The van der Waals surface area contributed by atoms with Gasteiger partial charge in [0, 0.05) is 24.3 Å². The highest BCUT2D eigenvalue weighted by molar-refractivity contribution is 6.30. The number of nitrogens with zero attached hydrogens (tertiary/aromatic N) is 4. The van der Waals surface area contributed by atoms with Gasteiger partial charge >= 0.3 is 5.97 Å². The molecule has 3 rings (SSSR count). The van der Waals surface area contributed by atoms with Crippen molar-refractivity contribution in [2.75, 3.05) is 6.54 Å². The summed E-state index contributed by atoms with van der Waals surface area (Å²) in [5.41, 5.74) is 3.12. The number of carboxylic acids is 1. The lowest BCUT2D eigenvalue weighted by Gasteiger charge is -2.21. The summed E-state index contributed by atoms with van der Waals surface area (Å²) in [4.78, 5) is 30.3. The van der Waals surface area contributed by atoms with Crippen LogP contribution in [-0.4, -0.2) is 43.2 Å². The maximum absolute atomic E-state index is 13.3. The molecule has 0 spiro atoms. The second kappa shape index (κ2) is 7.36.